The molecule has 1 aliphatic rings. The lowest BCUT2D eigenvalue weighted by molar-refractivity contribution is 0.513. The molecule has 0 saturated heterocycles. The number of fused-ring (bicyclic) bond motifs is 1. The molecule has 0 bridgehead atoms. The highest BCUT2D eigenvalue weighted by atomic mass is 127. The maximum Gasteiger partial charge on any atom is 0.193 e. The summed E-state index contributed by atoms with van der Waals surface area (Å²) in [5.41, 5.74) is 9.74. The Balaban J connectivity index is 0.00000147. The quantitative estimate of drug-likeness (QED) is 0.486. The zero-order valence-electron chi connectivity index (χ0n) is 11.1. The number of nitrogens with one attached hydrogen (secondary N) is 1. The Kier molecular flexibility index (Phi) is 5.05. The highest BCUT2D eigenvalue weighted by molar-refractivity contribution is 14.0. The molecule has 2 aromatic rings. The van der Waals surface area contributed by atoms with E-state index < -0.39 is 0 Å². The number of rotatable bonds is 3. The molecule has 0 unspecified atom stereocenters. The summed E-state index contributed by atoms with van der Waals surface area (Å²) >= 11 is 0. The van der Waals surface area contributed by atoms with E-state index in [1.54, 1.807) is 6.26 Å². The Morgan fingerprint density at radius 2 is 2.10 bits per heavy atom. The van der Waals surface area contributed by atoms with Gasteiger partial charge in [0.2, 0.25) is 0 Å². The Labute approximate surface area is 135 Å². The van der Waals surface area contributed by atoms with Gasteiger partial charge in [-0.25, -0.2) is 4.99 Å². The van der Waals surface area contributed by atoms with E-state index in [0.29, 0.717) is 12.5 Å². The highest BCUT2D eigenvalue weighted by Gasteiger charge is 2.10. The first-order valence-electron chi connectivity index (χ1n) is 6.52. The molecule has 4 nitrogen and oxygen atoms in total. The van der Waals surface area contributed by atoms with Crippen LogP contribution in [0, 0.1) is 0 Å². The summed E-state index contributed by atoms with van der Waals surface area (Å²) in [4.78, 5) is 4.25. The average molecular weight is 383 g/mol. The fourth-order valence-electron chi connectivity index (χ4n) is 2.40. The molecule has 3 rings (SSSR count). The minimum absolute atomic E-state index is 0. The van der Waals surface area contributed by atoms with Gasteiger partial charge in [-0.15, -0.1) is 24.0 Å². The van der Waals surface area contributed by atoms with Crippen molar-refractivity contribution in [1.82, 2.24) is 0 Å². The largest absolute Gasteiger partial charge is 0.467 e. The van der Waals surface area contributed by atoms with Crippen molar-refractivity contribution in [3.63, 3.8) is 0 Å². The smallest absolute Gasteiger partial charge is 0.193 e. The van der Waals surface area contributed by atoms with Gasteiger partial charge >= 0.3 is 0 Å². The van der Waals surface area contributed by atoms with Crippen LogP contribution < -0.4 is 11.1 Å². The molecule has 3 N–H and O–H groups in total. The molecular weight excluding hydrogens is 365 g/mol. The first-order chi connectivity index (χ1) is 9.31. The summed E-state index contributed by atoms with van der Waals surface area (Å²) in [6.45, 7) is 0.455. The third kappa shape index (κ3) is 3.53. The number of aryl methyl sites for hydroxylation is 2. The number of anilines is 1. The number of guanidine groups is 1. The molecule has 1 aliphatic carbocycles. The van der Waals surface area contributed by atoms with Crippen LogP contribution in [0.3, 0.4) is 0 Å². The van der Waals surface area contributed by atoms with E-state index in [2.05, 4.69) is 28.5 Å². The molecule has 0 aliphatic heterocycles. The summed E-state index contributed by atoms with van der Waals surface area (Å²) < 4.78 is 5.20. The second-order valence-corrected chi connectivity index (χ2v) is 4.74. The van der Waals surface area contributed by atoms with Gasteiger partial charge in [-0.05, 0) is 54.7 Å². The molecule has 0 spiro atoms. The van der Waals surface area contributed by atoms with Crippen LogP contribution in [-0.4, -0.2) is 5.96 Å². The lowest BCUT2D eigenvalue weighted by atomic mass is 10.1. The van der Waals surface area contributed by atoms with Crippen molar-refractivity contribution < 1.29 is 4.42 Å². The number of nitrogens with two attached hydrogens (primary N) is 1. The van der Waals surface area contributed by atoms with Crippen molar-refractivity contribution >= 4 is 35.6 Å². The van der Waals surface area contributed by atoms with Crippen LogP contribution in [0.1, 0.15) is 23.3 Å². The molecule has 1 heterocycles. The van der Waals surface area contributed by atoms with Crippen LogP contribution in [0.15, 0.2) is 46.0 Å². The van der Waals surface area contributed by atoms with Gasteiger partial charge in [-0.2, -0.15) is 0 Å². The number of benzene rings is 1. The van der Waals surface area contributed by atoms with Gasteiger partial charge in [0.05, 0.1) is 6.26 Å². The number of nitrogens with zero attached hydrogens (tertiary/aromatic N) is 1. The fourth-order valence-corrected chi connectivity index (χ4v) is 2.40. The van der Waals surface area contributed by atoms with Crippen LogP contribution in [-0.2, 0) is 19.4 Å². The number of hydrogen-bond donors (Lipinski definition) is 2. The van der Waals surface area contributed by atoms with E-state index in [1.807, 2.05) is 12.1 Å². The number of halogens is 1. The maximum atomic E-state index is 5.86. The van der Waals surface area contributed by atoms with E-state index in [0.717, 1.165) is 17.9 Å². The standard InChI is InChI=1S/C15H17N3O.HI/c16-15(17-10-14-5-2-8-19-14)18-13-7-6-11-3-1-4-12(11)9-13;/h2,5-9H,1,3-4,10H2,(H3,16,17,18);1H. The number of aliphatic imine (C=N–C) groups is 1. The van der Waals surface area contributed by atoms with E-state index in [1.165, 1.54) is 24.0 Å². The molecule has 0 radical (unpaired) electrons. The van der Waals surface area contributed by atoms with Crippen molar-refractivity contribution in [3.05, 3.63) is 53.5 Å². The van der Waals surface area contributed by atoms with Crippen molar-refractivity contribution in [2.75, 3.05) is 5.32 Å². The second-order valence-electron chi connectivity index (χ2n) is 4.74. The minimum atomic E-state index is 0. The van der Waals surface area contributed by atoms with Gasteiger partial charge in [0.25, 0.3) is 0 Å². The molecule has 0 fully saturated rings. The second kappa shape index (κ2) is 6.78. The summed E-state index contributed by atoms with van der Waals surface area (Å²) in [6, 6.07) is 10.1. The van der Waals surface area contributed by atoms with E-state index in [-0.39, 0.29) is 24.0 Å². The van der Waals surface area contributed by atoms with Crippen molar-refractivity contribution in [3.8, 4) is 0 Å². The average Bonchev–Trinajstić information content (AvgIpc) is 3.07. The molecule has 106 valence electrons. The monoisotopic (exact) mass is 383 g/mol. The zero-order chi connectivity index (χ0) is 13.1. The minimum Gasteiger partial charge on any atom is -0.467 e. The van der Waals surface area contributed by atoms with Crippen molar-refractivity contribution in [2.24, 2.45) is 10.7 Å². The van der Waals surface area contributed by atoms with Crippen LogP contribution in [0.25, 0.3) is 0 Å². The van der Waals surface area contributed by atoms with Gasteiger partial charge < -0.3 is 15.5 Å². The Bertz CT molecular complexity index is 593. The normalized spacial score (nSPS) is 13.7. The molecule has 1 aromatic carbocycles. The maximum absolute atomic E-state index is 5.86. The molecule has 0 saturated carbocycles. The van der Waals surface area contributed by atoms with E-state index in [4.69, 9.17) is 10.2 Å². The highest BCUT2D eigenvalue weighted by Crippen LogP contribution is 2.24. The Morgan fingerprint density at radius 3 is 2.90 bits per heavy atom. The predicted octanol–water partition coefficient (Wildman–Crippen LogP) is 3.31. The fraction of sp³-hybridized carbons (Fsp3) is 0.267. The lowest BCUT2D eigenvalue weighted by Gasteiger charge is -2.07. The summed E-state index contributed by atoms with van der Waals surface area (Å²) in [5.74, 6) is 1.22. The van der Waals surface area contributed by atoms with Gasteiger partial charge in [0.15, 0.2) is 5.96 Å². The van der Waals surface area contributed by atoms with Crippen molar-refractivity contribution in [2.45, 2.75) is 25.8 Å². The molecule has 20 heavy (non-hydrogen) atoms. The SMILES string of the molecule is I.NC(=NCc1ccco1)Nc1ccc2c(c1)CCC2. The first-order valence-corrected chi connectivity index (χ1v) is 6.52. The van der Waals surface area contributed by atoms with E-state index in [9.17, 15) is 0 Å². The number of furan rings is 1. The zero-order valence-corrected chi connectivity index (χ0v) is 13.5. The molecule has 5 heteroatoms. The molecule has 0 atom stereocenters. The van der Waals surface area contributed by atoms with Crippen LogP contribution in [0.5, 0.6) is 0 Å². The molecule has 0 amide bonds. The Morgan fingerprint density at radius 1 is 1.25 bits per heavy atom. The lowest BCUT2D eigenvalue weighted by Crippen LogP contribution is -2.22. The third-order valence-electron chi connectivity index (χ3n) is 3.36. The van der Waals surface area contributed by atoms with Gasteiger partial charge in [-0.3, -0.25) is 0 Å². The van der Waals surface area contributed by atoms with Gasteiger partial charge in [-0.1, -0.05) is 6.07 Å². The van der Waals surface area contributed by atoms with E-state index >= 15 is 0 Å². The molecular formula is C15H18IN3O. The van der Waals surface area contributed by atoms with Crippen molar-refractivity contribution in [1.29, 1.82) is 0 Å². The summed E-state index contributed by atoms with van der Waals surface area (Å²) in [7, 11) is 0. The first kappa shape index (κ1) is 14.9. The summed E-state index contributed by atoms with van der Waals surface area (Å²) in [5, 5.41) is 3.12. The topological polar surface area (TPSA) is 63.5 Å². The van der Waals surface area contributed by atoms with Crippen LogP contribution in [0.4, 0.5) is 5.69 Å². The Hall–Kier alpha value is -1.50. The van der Waals surface area contributed by atoms with Crippen LogP contribution in [0.2, 0.25) is 0 Å². The van der Waals surface area contributed by atoms with Gasteiger partial charge in [0.1, 0.15) is 12.3 Å². The van der Waals surface area contributed by atoms with Gasteiger partial charge in [0, 0.05) is 5.69 Å². The molecule has 1 aromatic heterocycles. The van der Waals surface area contributed by atoms with Crippen LogP contribution >= 0.6 is 24.0 Å². The summed E-state index contributed by atoms with van der Waals surface area (Å²) in [6.07, 6.45) is 5.24. The predicted molar refractivity (Wildman–Crippen MR) is 91.5 cm³/mol. The third-order valence-corrected chi connectivity index (χ3v) is 3.36. The number of hydrogen-bond acceptors (Lipinski definition) is 2.